The Balaban J connectivity index is 3.14. The Bertz CT molecular complexity index is 832. The average Bonchev–Trinajstić information content (AvgIpc) is 2.64. The van der Waals surface area contributed by atoms with Gasteiger partial charge in [0.15, 0.2) is 0 Å². The maximum atomic E-state index is 11.8. The second-order valence-electron chi connectivity index (χ2n) is 8.59. The minimum Gasteiger partial charge on any atom is -0.507 e. The first-order valence-corrected chi connectivity index (χ1v) is 11.2. The zero-order valence-corrected chi connectivity index (χ0v) is 20.4. The third kappa shape index (κ3) is 9.67. The molecule has 1 rings (SSSR count). The van der Waals surface area contributed by atoms with Crippen molar-refractivity contribution >= 4 is 17.7 Å². The number of benzene rings is 1. The van der Waals surface area contributed by atoms with Crippen LogP contribution >= 0.6 is 12.6 Å². The number of para-hydroxylation sites is 1. The van der Waals surface area contributed by atoms with Gasteiger partial charge in [-0.2, -0.15) is 0 Å². The molecular weight excluding hydrogens is 388 g/mol. The molecule has 0 amide bonds. The van der Waals surface area contributed by atoms with E-state index < -0.39 is 5.12 Å². The van der Waals surface area contributed by atoms with Gasteiger partial charge in [-0.05, 0) is 79.7 Å². The van der Waals surface area contributed by atoms with Gasteiger partial charge < -0.3 is 5.11 Å². The normalized spacial score (nSPS) is 13.0. The van der Waals surface area contributed by atoms with Crippen molar-refractivity contribution in [3.05, 3.63) is 75.9 Å². The topological polar surface area (TPSA) is 37.3 Å². The molecule has 3 heteroatoms. The van der Waals surface area contributed by atoms with Gasteiger partial charge in [-0.1, -0.05) is 58.7 Å². The van der Waals surface area contributed by atoms with Crippen molar-refractivity contribution in [3.63, 3.8) is 0 Å². The zero-order chi connectivity index (χ0) is 22.7. The molecule has 0 aliphatic carbocycles. The molecule has 0 saturated carbocycles. The highest BCUT2D eigenvalue weighted by Gasteiger charge is 2.17. The Labute approximate surface area is 188 Å². The molecule has 0 radical (unpaired) electrons. The van der Waals surface area contributed by atoms with Gasteiger partial charge in [-0.15, -0.1) is 12.6 Å². The van der Waals surface area contributed by atoms with Crippen LogP contribution in [0.25, 0.3) is 0 Å². The number of thiol groups is 1. The van der Waals surface area contributed by atoms with Crippen LogP contribution in [0.3, 0.4) is 0 Å². The lowest BCUT2D eigenvalue weighted by Crippen LogP contribution is -2.00. The molecule has 0 heterocycles. The summed E-state index contributed by atoms with van der Waals surface area (Å²) in [5.41, 5.74) is 6.34. The highest BCUT2D eigenvalue weighted by molar-refractivity contribution is 7.97. The van der Waals surface area contributed by atoms with E-state index in [0.717, 1.165) is 37.7 Å². The van der Waals surface area contributed by atoms with E-state index in [2.05, 4.69) is 78.5 Å². The molecule has 0 unspecified atom stereocenters. The number of phenols is 1. The quantitative estimate of drug-likeness (QED) is 0.276. The number of carbonyl (C=O) groups excluding carboxylic acids is 1. The first kappa shape index (κ1) is 26.0. The summed E-state index contributed by atoms with van der Waals surface area (Å²) < 4.78 is 0. The van der Waals surface area contributed by atoms with Crippen molar-refractivity contribution in [3.8, 4) is 5.75 Å². The van der Waals surface area contributed by atoms with Gasteiger partial charge in [0.2, 0.25) is 5.12 Å². The maximum Gasteiger partial charge on any atom is 0.220 e. The highest BCUT2D eigenvalue weighted by Crippen LogP contribution is 2.34. The molecule has 30 heavy (non-hydrogen) atoms. The number of phenolic OH excluding ortho intramolecular Hbond substituents is 1. The summed E-state index contributed by atoms with van der Waals surface area (Å²) in [6, 6.07) is 5.35. The molecule has 0 saturated heterocycles. The van der Waals surface area contributed by atoms with Gasteiger partial charge in [-0.3, -0.25) is 4.79 Å². The molecule has 0 aromatic heterocycles. The molecule has 1 aromatic carbocycles. The number of rotatable bonds is 11. The molecule has 0 fully saturated rings. The van der Waals surface area contributed by atoms with Gasteiger partial charge in [0, 0.05) is 11.5 Å². The van der Waals surface area contributed by atoms with Crippen LogP contribution in [0.5, 0.6) is 5.75 Å². The third-order valence-electron chi connectivity index (χ3n) is 5.09. The lowest BCUT2D eigenvalue weighted by Gasteiger charge is -2.17. The number of hydrogen-bond acceptors (Lipinski definition) is 2. The number of aromatic hydroxyl groups is 1. The Kier molecular flexibility index (Phi) is 11.6. The Morgan fingerprint density at radius 2 is 1.50 bits per heavy atom. The average molecular weight is 427 g/mol. The standard InChI is InChI=1S/C27H38O2S/c1-19(2)10-7-12-21(5)16-17-23(18-22(6)13-8-11-20(3)4)24-14-9-15-25(26(24)28)27(29)30/h9-11,14-16,18,23,28H,7-8,12-13,17H2,1-6H3,(H,29,30)/b21-16+,22-18+/t23-/m0/s1. The first-order valence-electron chi connectivity index (χ1n) is 10.8. The Morgan fingerprint density at radius 1 is 0.933 bits per heavy atom. The summed E-state index contributed by atoms with van der Waals surface area (Å²) in [5.74, 6) is 0.0641. The molecule has 0 aliphatic heterocycles. The van der Waals surface area contributed by atoms with Gasteiger partial charge >= 0.3 is 0 Å². The van der Waals surface area contributed by atoms with Crippen LogP contribution < -0.4 is 0 Å². The van der Waals surface area contributed by atoms with Crippen LogP contribution in [0.2, 0.25) is 0 Å². The molecule has 0 bridgehead atoms. The minimum absolute atomic E-state index is 0.0164. The van der Waals surface area contributed by atoms with Crippen molar-refractivity contribution in [1.82, 2.24) is 0 Å². The van der Waals surface area contributed by atoms with Crippen LogP contribution in [0.15, 0.2) is 64.8 Å². The van der Waals surface area contributed by atoms with E-state index in [1.165, 1.54) is 22.3 Å². The summed E-state index contributed by atoms with van der Waals surface area (Å²) in [6.45, 7) is 12.8. The zero-order valence-electron chi connectivity index (χ0n) is 19.5. The van der Waals surface area contributed by atoms with E-state index in [-0.39, 0.29) is 17.2 Å². The van der Waals surface area contributed by atoms with Crippen LogP contribution in [-0.2, 0) is 0 Å². The van der Waals surface area contributed by atoms with E-state index in [1.807, 2.05) is 12.1 Å². The van der Waals surface area contributed by atoms with E-state index in [9.17, 15) is 9.90 Å². The number of carbonyl (C=O) groups is 1. The summed E-state index contributed by atoms with van der Waals surface area (Å²) in [5, 5.41) is 10.3. The first-order chi connectivity index (χ1) is 14.1. The molecule has 1 aromatic rings. The molecule has 0 aliphatic rings. The van der Waals surface area contributed by atoms with Crippen molar-refractivity contribution < 1.29 is 9.90 Å². The van der Waals surface area contributed by atoms with E-state index >= 15 is 0 Å². The van der Waals surface area contributed by atoms with Crippen LogP contribution in [0.4, 0.5) is 0 Å². The van der Waals surface area contributed by atoms with E-state index in [1.54, 1.807) is 6.07 Å². The Hall–Kier alpha value is -2.00. The van der Waals surface area contributed by atoms with Crippen molar-refractivity contribution in [2.24, 2.45) is 0 Å². The second-order valence-corrected chi connectivity index (χ2v) is 9.00. The maximum absolute atomic E-state index is 11.8. The van der Waals surface area contributed by atoms with Gasteiger partial charge in [0.05, 0.1) is 5.56 Å². The molecule has 164 valence electrons. The summed E-state index contributed by atoms with van der Waals surface area (Å²) in [6.07, 6.45) is 13.9. The van der Waals surface area contributed by atoms with Gasteiger partial charge in [0.25, 0.3) is 0 Å². The largest absolute Gasteiger partial charge is 0.507 e. The molecule has 2 nitrogen and oxygen atoms in total. The van der Waals surface area contributed by atoms with Crippen molar-refractivity contribution in [2.75, 3.05) is 0 Å². The minimum atomic E-state index is -0.411. The fraction of sp³-hybridized carbons (Fsp3) is 0.444. The summed E-state index contributed by atoms with van der Waals surface area (Å²) >= 11 is 3.91. The molecular formula is C27H38O2S. The highest BCUT2D eigenvalue weighted by atomic mass is 32.1. The fourth-order valence-corrected chi connectivity index (χ4v) is 3.53. The Morgan fingerprint density at radius 3 is 2.03 bits per heavy atom. The lowest BCUT2D eigenvalue weighted by atomic mass is 9.89. The van der Waals surface area contributed by atoms with E-state index in [0.29, 0.717) is 0 Å². The molecule has 1 N–H and O–H groups in total. The number of allylic oxidation sites excluding steroid dienone is 8. The van der Waals surface area contributed by atoms with Crippen LogP contribution in [0.1, 0.15) is 95.5 Å². The predicted molar refractivity (Wildman–Crippen MR) is 134 cm³/mol. The smallest absolute Gasteiger partial charge is 0.220 e. The monoisotopic (exact) mass is 426 g/mol. The SMILES string of the molecule is CC(C)=CCC/C(C)=C/C[C@@H](/C=C(\C)CCC=C(C)C)c1cccc(C(=O)S)c1O. The molecule has 1 atom stereocenters. The van der Waals surface area contributed by atoms with Crippen molar-refractivity contribution in [1.29, 1.82) is 0 Å². The lowest BCUT2D eigenvalue weighted by molar-refractivity contribution is 0.108. The van der Waals surface area contributed by atoms with Crippen LogP contribution in [-0.4, -0.2) is 10.2 Å². The van der Waals surface area contributed by atoms with Crippen LogP contribution in [0, 0.1) is 0 Å². The van der Waals surface area contributed by atoms with Gasteiger partial charge in [-0.25, -0.2) is 0 Å². The second kappa shape index (κ2) is 13.3. The van der Waals surface area contributed by atoms with E-state index in [4.69, 9.17) is 0 Å². The fourth-order valence-electron chi connectivity index (χ4n) is 3.35. The van der Waals surface area contributed by atoms with Gasteiger partial charge in [0.1, 0.15) is 5.75 Å². The number of hydrogen-bond donors (Lipinski definition) is 2. The summed E-state index contributed by atoms with van der Waals surface area (Å²) in [7, 11) is 0. The third-order valence-corrected chi connectivity index (χ3v) is 5.33. The predicted octanol–water partition coefficient (Wildman–Crippen LogP) is 8.32. The summed E-state index contributed by atoms with van der Waals surface area (Å²) in [4.78, 5) is 11.8. The van der Waals surface area contributed by atoms with Crippen molar-refractivity contribution in [2.45, 2.75) is 79.6 Å². The molecule has 0 spiro atoms.